The van der Waals surface area contributed by atoms with E-state index in [-0.39, 0.29) is 0 Å². The van der Waals surface area contributed by atoms with Crippen molar-refractivity contribution in [2.24, 2.45) is 0 Å². The van der Waals surface area contributed by atoms with Gasteiger partial charge in [-0.1, -0.05) is 13.3 Å². The van der Waals surface area contributed by atoms with E-state index in [0.717, 1.165) is 19.3 Å². The predicted molar refractivity (Wildman–Crippen MR) is 50.6 cm³/mol. The van der Waals surface area contributed by atoms with Crippen molar-refractivity contribution in [3.63, 3.8) is 0 Å². The van der Waals surface area contributed by atoms with Crippen LogP contribution in [0.2, 0.25) is 0 Å². The number of hydrogen-bond acceptors (Lipinski definition) is 2. The van der Waals surface area contributed by atoms with Gasteiger partial charge in [-0.05, 0) is 32.6 Å². The second-order valence-corrected chi connectivity index (χ2v) is 3.56. The van der Waals surface area contributed by atoms with Crippen molar-refractivity contribution >= 4 is 0 Å². The van der Waals surface area contributed by atoms with E-state index in [4.69, 9.17) is 4.74 Å². The fourth-order valence-electron chi connectivity index (χ4n) is 1.55. The van der Waals surface area contributed by atoms with Crippen LogP contribution in [0, 0.1) is 6.23 Å². The average molecular weight is 170 g/mol. The van der Waals surface area contributed by atoms with Crippen LogP contribution >= 0.6 is 0 Å². The number of rotatable bonds is 4. The van der Waals surface area contributed by atoms with Crippen LogP contribution in [0.25, 0.3) is 0 Å². The van der Waals surface area contributed by atoms with E-state index < -0.39 is 0 Å². The molecule has 1 atom stereocenters. The topological polar surface area (TPSA) is 21.3 Å². The molecular formula is C10H20NO. The maximum absolute atomic E-state index is 5.50. The Morgan fingerprint density at radius 3 is 2.92 bits per heavy atom. The van der Waals surface area contributed by atoms with Crippen LogP contribution in [0.15, 0.2) is 0 Å². The Hall–Kier alpha value is -0.0800. The summed E-state index contributed by atoms with van der Waals surface area (Å²) in [4.78, 5) is 0. The van der Waals surface area contributed by atoms with Crippen LogP contribution in [0.5, 0.6) is 0 Å². The lowest BCUT2D eigenvalue weighted by Crippen LogP contribution is -2.33. The van der Waals surface area contributed by atoms with Crippen LogP contribution in [-0.4, -0.2) is 12.6 Å². The highest BCUT2D eigenvalue weighted by Gasteiger charge is 2.16. The summed E-state index contributed by atoms with van der Waals surface area (Å²) in [7, 11) is 0. The average Bonchev–Trinajstić information content (AvgIpc) is 2.06. The molecule has 1 radical (unpaired) electrons. The smallest absolute Gasteiger partial charge is 0.162 e. The molecule has 0 aliphatic carbocycles. The van der Waals surface area contributed by atoms with Gasteiger partial charge in [-0.25, -0.2) is 0 Å². The Kier molecular flexibility index (Phi) is 4.62. The lowest BCUT2D eigenvalue weighted by Gasteiger charge is -2.25. The minimum Gasteiger partial charge on any atom is -0.356 e. The van der Waals surface area contributed by atoms with Gasteiger partial charge in [-0.3, -0.25) is 5.32 Å². The second kappa shape index (κ2) is 5.55. The lowest BCUT2D eigenvalue weighted by molar-refractivity contribution is 0.0727. The van der Waals surface area contributed by atoms with Crippen molar-refractivity contribution in [2.45, 2.75) is 52.0 Å². The second-order valence-electron chi connectivity index (χ2n) is 3.56. The Bertz CT molecular complexity index is 110. The minimum atomic E-state index is 0.572. The Morgan fingerprint density at radius 1 is 1.50 bits per heavy atom. The summed E-state index contributed by atoms with van der Waals surface area (Å²) in [5.41, 5.74) is 0. The molecule has 1 N–H and O–H groups in total. The number of ether oxygens (including phenoxy) is 1. The molecule has 0 aromatic rings. The van der Waals surface area contributed by atoms with Gasteiger partial charge >= 0.3 is 0 Å². The van der Waals surface area contributed by atoms with Gasteiger partial charge in [0.1, 0.15) is 0 Å². The quantitative estimate of drug-likeness (QED) is 0.699. The van der Waals surface area contributed by atoms with E-state index in [1.165, 1.54) is 25.7 Å². The summed E-state index contributed by atoms with van der Waals surface area (Å²) >= 11 is 0. The first kappa shape index (κ1) is 10.0. The van der Waals surface area contributed by atoms with Gasteiger partial charge in [0, 0.05) is 12.6 Å². The van der Waals surface area contributed by atoms with Gasteiger partial charge in [0.25, 0.3) is 0 Å². The molecule has 1 aliphatic heterocycles. The first-order valence-corrected chi connectivity index (χ1v) is 5.08. The third kappa shape index (κ3) is 3.55. The van der Waals surface area contributed by atoms with E-state index in [9.17, 15) is 0 Å². The predicted octanol–water partition coefficient (Wildman–Crippen LogP) is 2.45. The van der Waals surface area contributed by atoms with Crippen molar-refractivity contribution in [1.29, 1.82) is 0 Å². The molecule has 1 aliphatic rings. The van der Waals surface area contributed by atoms with Gasteiger partial charge in [-0.15, -0.1) is 0 Å². The zero-order valence-electron chi connectivity index (χ0n) is 8.23. The first-order chi connectivity index (χ1) is 5.83. The normalized spacial score (nSPS) is 22.5. The largest absolute Gasteiger partial charge is 0.356 e. The number of nitrogens with one attached hydrogen (secondary N) is 1. The summed E-state index contributed by atoms with van der Waals surface area (Å²) in [6.45, 7) is 5.33. The third-order valence-electron chi connectivity index (χ3n) is 2.20. The van der Waals surface area contributed by atoms with Crippen LogP contribution in [0.4, 0.5) is 0 Å². The molecule has 12 heavy (non-hydrogen) atoms. The molecule has 0 amide bonds. The molecule has 1 fully saturated rings. The molecule has 0 aromatic carbocycles. The highest BCUT2D eigenvalue weighted by molar-refractivity contribution is 4.81. The molecule has 0 bridgehead atoms. The Morgan fingerprint density at radius 2 is 2.33 bits per heavy atom. The SMILES string of the molecule is CCCC(C)N[C]1CCCCO1. The zero-order chi connectivity index (χ0) is 8.81. The monoisotopic (exact) mass is 170 g/mol. The van der Waals surface area contributed by atoms with E-state index in [1.807, 2.05) is 0 Å². The van der Waals surface area contributed by atoms with Crippen molar-refractivity contribution in [3.05, 3.63) is 6.23 Å². The minimum absolute atomic E-state index is 0.572. The molecule has 2 nitrogen and oxygen atoms in total. The van der Waals surface area contributed by atoms with Crippen LogP contribution in [0.1, 0.15) is 46.0 Å². The maximum atomic E-state index is 5.50. The summed E-state index contributed by atoms with van der Waals surface area (Å²) in [6, 6.07) is 0.572. The van der Waals surface area contributed by atoms with Crippen LogP contribution < -0.4 is 5.32 Å². The van der Waals surface area contributed by atoms with E-state index in [0.29, 0.717) is 6.04 Å². The molecule has 0 saturated carbocycles. The molecule has 0 spiro atoms. The molecular weight excluding hydrogens is 150 g/mol. The third-order valence-corrected chi connectivity index (χ3v) is 2.20. The molecule has 2 heteroatoms. The van der Waals surface area contributed by atoms with Gasteiger partial charge in [0.15, 0.2) is 6.23 Å². The summed E-state index contributed by atoms with van der Waals surface area (Å²) < 4.78 is 5.50. The summed E-state index contributed by atoms with van der Waals surface area (Å²) in [5, 5.41) is 3.41. The van der Waals surface area contributed by atoms with Gasteiger partial charge in [-0.2, -0.15) is 0 Å². The molecule has 1 heterocycles. The van der Waals surface area contributed by atoms with Crippen molar-refractivity contribution in [2.75, 3.05) is 6.61 Å². The van der Waals surface area contributed by atoms with Crippen molar-refractivity contribution in [1.82, 2.24) is 5.32 Å². The Labute approximate surface area is 75.7 Å². The summed E-state index contributed by atoms with van der Waals surface area (Å²) in [6.07, 6.45) is 7.18. The van der Waals surface area contributed by atoms with Crippen LogP contribution in [-0.2, 0) is 4.74 Å². The van der Waals surface area contributed by atoms with Gasteiger partial charge in [0.2, 0.25) is 0 Å². The van der Waals surface area contributed by atoms with Crippen LogP contribution in [0.3, 0.4) is 0 Å². The van der Waals surface area contributed by atoms with Gasteiger partial charge in [0.05, 0.1) is 0 Å². The number of hydrogen-bond donors (Lipinski definition) is 1. The van der Waals surface area contributed by atoms with E-state index in [2.05, 4.69) is 19.2 Å². The molecule has 0 aromatic heterocycles. The van der Waals surface area contributed by atoms with E-state index >= 15 is 0 Å². The fourth-order valence-corrected chi connectivity index (χ4v) is 1.55. The molecule has 1 saturated heterocycles. The molecule has 1 unspecified atom stereocenters. The first-order valence-electron chi connectivity index (χ1n) is 5.08. The Balaban J connectivity index is 2.11. The maximum Gasteiger partial charge on any atom is 0.162 e. The molecule has 1 rings (SSSR count). The summed E-state index contributed by atoms with van der Waals surface area (Å²) in [5.74, 6) is 0. The fraction of sp³-hybridized carbons (Fsp3) is 0.900. The highest BCUT2D eigenvalue weighted by Crippen LogP contribution is 2.17. The zero-order valence-corrected chi connectivity index (χ0v) is 8.23. The van der Waals surface area contributed by atoms with Crippen molar-refractivity contribution in [3.8, 4) is 0 Å². The molecule has 71 valence electrons. The standard InChI is InChI=1S/C10H20NO/c1-3-6-9(2)11-10-7-4-5-8-12-10/h9,11H,3-8H2,1-2H3. The van der Waals surface area contributed by atoms with E-state index in [1.54, 1.807) is 0 Å². The lowest BCUT2D eigenvalue weighted by atomic mass is 10.1. The van der Waals surface area contributed by atoms with Gasteiger partial charge < -0.3 is 4.74 Å². The highest BCUT2D eigenvalue weighted by atomic mass is 16.5. The van der Waals surface area contributed by atoms with Crippen molar-refractivity contribution < 1.29 is 4.74 Å².